The van der Waals surface area contributed by atoms with Gasteiger partial charge >= 0.3 is 5.97 Å². The molecule has 0 aliphatic carbocycles. The maximum Gasteiger partial charge on any atom is 0.313 e. The highest BCUT2D eigenvalue weighted by molar-refractivity contribution is 5.95. The topological polar surface area (TPSA) is 147 Å². The van der Waals surface area contributed by atoms with Crippen LogP contribution in [0.15, 0.2) is 89.9 Å². The fourth-order valence-corrected chi connectivity index (χ4v) is 3.75. The molecule has 1 aromatic heterocycles. The maximum atomic E-state index is 12.7. The molecule has 5 N–H and O–H groups in total. The van der Waals surface area contributed by atoms with E-state index < -0.39 is 12.0 Å². The van der Waals surface area contributed by atoms with E-state index >= 15 is 0 Å². The van der Waals surface area contributed by atoms with Crippen LogP contribution in [0.4, 0.5) is 11.5 Å². The summed E-state index contributed by atoms with van der Waals surface area (Å²) in [7, 11) is 1.55. The van der Waals surface area contributed by atoms with Crippen LogP contribution >= 0.6 is 0 Å². The quantitative estimate of drug-likeness (QED) is 0.117. The molecule has 4 aromatic rings. The first-order valence-electron chi connectivity index (χ1n) is 12.3. The molecular weight excluding hydrogens is 496 g/mol. The third-order valence-electron chi connectivity index (χ3n) is 5.63. The van der Waals surface area contributed by atoms with Crippen LogP contribution in [0.3, 0.4) is 0 Å². The fraction of sp³-hybridized carbons (Fsp3) is 0.172. The van der Waals surface area contributed by atoms with Crippen LogP contribution in [-0.2, 0) is 4.79 Å². The van der Waals surface area contributed by atoms with Gasteiger partial charge in [-0.25, -0.2) is 0 Å². The van der Waals surface area contributed by atoms with E-state index in [-0.39, 0.29) is 18.1 Å². The highest BCUT2D eigenvalue weighted by Crippen LogP contribution is 2.31. The summed E-state index contributed by atoms with van der Waals surface area (Å²) in [6.45, 7) is 2.39. The number of hydrogen-bond donors (Lipinski definition) is 3. The predicted octanol–water partition coefficient (Wildman–Crippen LogP) is 4.60. The number of nitrogens with zero attached hydrogens (tertiary/aromatic N) is 3. The lowest BCUT2D eigenvalue weighted by atomic mass is 10.0. The van der Waals surface area contributed by atoms with E-state index in [9.17, 15) is 4.79 Å². The highest BCUT2D eigenvalue weighted by Gasteiger charge is 2.17. The highest BCUT2D eigenvalue weighted by atomic mass is 16.5. The molecule has 200 valence electrons. The number of aromatic nitrogens is 2. The number of guanidine groups is 1. The first-order valence-corrected chi connectivity index (χ1v) is 12.3. The zero-order valence-electron chi connectivity index (χ0n) is 21.7. The summed E-state index contributed by atoms with van der Waals surface area (Å²) < 4.78 is 16.5. The number of ether oxygens (including phenoxy) is 3. The molecule has 0 aliphatic rings. The molecule has 10 nitrogen and oxygen atoms in total. The number of nitrogens with one attached hydrogen (secondary N) is 1. The summed E-state index contributed by atoms with van der Waals surface area (Å²) in [6.07, 6.45) is -0.0571. The Hall–Kier alpha value is -4.96. The minimum atomic E-state index is -0.605. The summed E-state index contributed by atoms with van der Waals surface area (Å²) in [5, 5.41) is 11.3. The first kappa shape index (κ1) is 27.1. The minimum Gasteiger partial charge on any atom is -0.493 e. The van der Waals surface area contributed by atoms with E-state index in [0.717, 1.165) is 16.8 Å². The zero-order chi connectivity index (χ0) is 27.6. The van der Waals surface area contributed by atoms with E-state index in [1.807, 2.05) is 43.3 Å². The first-order chi connectivity index (χ1) is 19.0. The Labute approximate surface area is 226 Å². The molecule has 0 radical (unpaired) electrons. The molecule has 0 saturated heterocycles. The smallest absolute Gasteiger partial charge is 0.313 e. The lowest BCUT2D eigenvalue weighted by Gasteiger charge is -2.16. The van der Waals surface area contributed by atoms with Gasteiger partial charge in [0.15, 0.2) is 29.0 Å². The molecule has 1 unspecified atom stereocenters. The van der Waals surface area contributed by atoms with Gasteiger partial charge in [0.05, 0.1) is 31.5 Å². The number of para-hydroxylation sites is 2. The molecule has 0 aliphatic heterocycles. The number of esters is 1. The Morgan fingerprint density at radius 3 is 2.44 bits per heavy atom. The number of carbonyl (C=O) groups is 1. The van der Waals surface area contributed by atoms with Gasteiger partial charge in [0, 0.05) is 11.6 Å². The summed E-state index contributed by atoms with van der Waals surface area (Å²) >= 11 is 0. The SMILES string of the molecule is CCOc1ccc(C(N)CC(=O)Oc2ccccc2NC(N)=Nc2ccc(-c3ccccc3)nn2)cc1OC. The molecular formula is C29H30N6O4. The fourth-order valence-electron chi connectivity index (χ4n) is 3.75. The summed E-state index contributed by atoms with van der Waals surface area (Å²) in [4.78, 5) is 17.0. The molecule has 0 amide bonds. The number of nitrogens with two attached hydrogens (primary N) is 2. The Bertz CT molecular complexity index is 1430. The van der Waals surface area contributed by atoms with Gasteiger partial charge in [0.25, 0.3) is 0 Å². The second-order valence-corrected chi connectivity index (χ2v) is 8.39. The lowest BCUT2D eigenvalue weighted by molar-refractivity contribution is -0.134. The maximum absolute atomic E-state index is 12.7. The Morgan fingerprint density at radius 2 is 1.72 bits per heavy atom. The monoisotopic (exact) mass is 526 g/mol. The second-order valence-electron chi connectivity index (χ2n) is 8.39. The largest absolute Gasteiger partial charge is 0.493 e. The van der Waals surface area contributed by atoms with Crippen molar-refractivity contribution >= 4 is 23.4 Å². The molecule has 0 bridgehead atoms. The molecule has 0 saturated carbocycles. The Balaban J connectivity index is 1.40. The van der Waals surface area contributed by atoms with Crippen LogP contribution in [0.5, 0.6) is 17.2 Å². The van der Waals surface area contributed by atoms with Crippen molar-refractivity contribution in [1.82, 2.24) is 10.2 Å². The molecule has 1 atom stereocenters. The number of methoxy groups -OCH3 is 1. The molecule has 1 heterocycles. The summed E-state index contributed by atoms with van der Waals surface area (Å²) in [5.41, 5.74) is 15.2. The summed E-state index contributed by atoms with van der Waals surface area (Å²) in [5.74, 6) is 1.30. The number of aliphatic imine (C=N–C) groups is 1. The van der Waals surface area contributed by atoms with E-state index in [1.54, 1.807) is 55.6 Å². The molecule has 4 rings (SSSR count). The normalized spacial score (nSPS) is 11.9. The van der Waals surface area contributed by atoms with E-state index in [0.29, 0.717) is 29.6 Å². The molecule has 0 spiro atoms. The average Bonchev–Trinajstić information content (AvgIpc) is 2.95. The average molecular weight is 527 g/mol. The third-order valence-corrected chi connectivity index (χ3v) is 5.63. The van der Waals surface area contributed by atoms with E-state index in [1.165, 1.54) is 0 Å². The summed E-state index contributed by atoms with van der Waals surface area (Å²) in [6, 6.07) is 24.8. The lowest BCUT2D eigenvalue weighted by Crippen LogP contribution is -2.23. The number of carbonyl (C=O) groups excluding carboxylic acids is 1. The van der Waals surface area contributed by atoms with Crippen molar-refractivity contribution in [2.24, 2.45) is 16.5 Å². The molecule has 39 heavy (non-hydrogen) atoms. The number of hydrogen-bond acceptors (Lipinski definition) is 8. The van der Waals surface area contributed by atoms with Crippen molar-refractivity contribution in [2.45, 2.75) is 19.4 Å². The van der Waals surface area contributed by atoms with Crippen LogP contribution in [-0.4, -0.2) is 35.8 Å². The van der Waals surface area contributed by atoms with Crippen molar-refractivity contribution in [1.29, 1.82) is 0 Å². The van der Waals surface area contributed by atoms with Gasteiger partial charge in [-0.3, -0.25) is 4.79 Å². The number of rotatable bonds is 10. The van der Waals surface area contributed by atoms with E-state index in [4.69, 9.17) is 25.7 Å². The second kappa shape index (κ2) is 13.0. The van der Waals surface area contributed by atoms with Gasteiger partial charge < -0.3 is 31.0 Å². The zero-order valence-corrected chi connectivity index (χ0v) is 21.7. The van der Waals surface area contributed by atoms with Crippen LogP contribution in [0.1, 0.15) is 24.9 Å². The van der Waals surface area contributed by atoms with Gasteiger partial charge in [-0.2, -0.15) is 4.99 Å². The van der Waals surface area contributed by atoms with Crippen LogP contribution in [0, 0.1) is 0 Å². The van der Waals surface area contributed by atoms with Gasteiger partial charge in [0.2, 0.25) is 0 Å². The van der Waals surface area contributed by atoms with Crippen molar-refractivity contribution in [3.63, 3.8) is 0 Å². The van der Waals surface area contributed by atoms with Gasteiger partial charge in [-0.1, -0.05) is 48.5 Å². The standard InChI is InChI=1S/C29H30N6O4/c1-3-38-25-15-13-20(17-26(25)37-2)21(30)18-28(36)39-24-12-8-7-11-23(24)32-29(31)33-27-16-14-22(34-35-27)19-9-5-4-6-10-19/h4-17,21H,3,18,30H2,1-2H3,(H3,31,32,33,35). The molecule has 10 heteroatoms. The number of anilines is 1. The van der Waals surface area contributed by atoms with Crippen molar-refractivity contribution in [3.8, 4) is 28.5 Å². The van der Waals surface area contributed by atoms with Crippen molar-refractivity contribution in [2.75, 3.05) is 19.0 Å². The van der Waals surface area contributed by atoms with Crippen LogP contribution < -0.4 is 31.0 Å². The van der Waals surface area contributed by atoms with E-state index in [2.05, 4.69) is 20.5 Å². The molecule has 3 aromatic carbocycles. The van der Waals surface area contributed by atoms with Gasteiger partial charge in [-0.15, -0.1) is 10.2 Å². The van der Waals surface area contributed by atoms with Crippen molar-refractivity contribution in [3.05, 3.63) is 90.5 Å². The Kier molecular flexibility index (Phi) is 9.04. The third kappa shape index (κ3) is 7.30. The van der Waals surface area contributed by atoms with Crippen molar-refractivity contribution < 1.29 is 19.0 Å². The molecule has 0 fully saturated rings. The van der Waals surface area contributed by atoms with Crippen LogP contribution in [0.25, 0.3) is 11.3 Å². The predicted molar refractivity (Wildman–Crippen MR) is 150 cm³/mol. The minimum absolute atomic E-state index is 0.0541. The Morgan fingerprint density at radius 1 is 0.949 bits per heavy atom. The van der Waals surface area contributed by atoms with Gasteiger partial charge in [-0.05, 0) is 48.9 Å². The van der Waals surface area contributed by atoms with Gasteiger partial charge in [0.1, 0.15) is 0 Å². The van der Waals surface area contributed by atoms with Crippen LogP contribution in [0.2, 0.25) is 0 Å². The number of benzene rings is 3.